The first kappa shape index (κ1) is 41.4. The standard InChI is InChI=1S/C13H24O4.C12H24O2.C6H12O2/c1-4-13(2,3)12(16)17-10-8-6-5-7-9-11(14)15;1-5-7-8-9-10-14-11(13)12(3,4)6-2;1-4-6(2,3)5(7)8/h4-10H2,1-3H3,(H,14,15);5-10H2,1-4H3;4H2,1-3H3,(H,7,8). The van der Waals surface area contributed by atoms with E-state index in [-0.39, 0.29) is 23.8 Å². The van der Waals surface area contributed by atoms with Crippen molar-refractivity contribution in [2.45, 2.75) is 146 Å². The lowest BCUT2D eigenvalue weighted by molar-refractivity contribution is -0.155. The fourth-order valence-electron chi connectivity index (χ4n) is 2.42. The Kier molecular flexibility index (Phi) is 24.0. The van der Waals surface area contributed by atoms with Crippen LogP contribution in [-0.4, -0.2) is 47.3 Å². The molecule has 0 radical (unpaired) electrons. The van der Waals surface area contributed by atoms with Crippen molar-refractivity contribution in [3.8, 4) is 0 Å². The number of carboxylic acids is 2. The quantitative estimate of drug-likeness (QED) is 0.127. The topological polar surface area (TPSA) is 127 Å². The van der Waals surface area contributed by atoms with Crippen LogP contribution in [0.1, 0.15) is 146 Å². The number of unbranched alkanes of at least 4 members (excludes halogenated alkanes) is 6. The van der Waals surface area contributed by atoms with E-state index in [1.165, 1.54) is 12.8 Å². The first-order chi connectivity index (χ1) is 17.9. The summed E-state index contributed by atoms with van der Waals surface area (Å²) >= 11 is 0. The van der Waals surface area contributed by atoms with E-state index in [2.05, 4.69) is 6.92 Å². The first-order valence-corrected chi connectivity index (χ1v) is 14.7. The average molecular weight is 561 g/mol. The number of hydrogen-bond donors (Lipinski definition) is 2. The maximum absolute atomic E-state index is 11.6. The zero-order chi connectivity index (χ0) is 31.1. The lowest BCUT2D eigenvalue weighted by atomic mass is 9.91. The SMILES string of the molecule is CCC(C)(C)C(=O)O.CCC(C)(C)C(=O)OCCCCCCC(=O)O.CCCCCCOC(=O)C(C)(C)CC. The molecule has 0 spiro atoms. The van der Waals surface area contributed by atoms with Gasteiger partial charge in [-0.15, -0.1) is 0 Å². The molecular weight excluding hydrogens is 500 g/mol. The van der Waals surface area contributed by atoms with Crippen LogP contribution in [0.4, 0.5) is 0 Å². The number of esters is 2. The van der Waals surface area contributed by atoms with Crippen LogP contribution in [0.2, 0.25) is 0 Å². The van der Waals surface area contributed by atoms with Gasteiger partial charge in [0.25, 0.3) is 0 Å². The summed E-state index contributed by atoms with van der Waals surface area (Å²) < 4.78 is 10.4. The predicted molar refractivity (Wildman–Crippen MR) is 157 cm³/mol. The lowest BCUT2D eigenvalue weighted by Gasteiger charge is -2.20. The number of carbonyl (C=O) groups is 4. The molecule has 0 atom stereocenters. The molecule has 0 bridgehead atoms. The summed E-state index contributed by atoms with van der Waals surface area (Å²) in [5.41, 5.74) is -1.26. The van der Waals surface area contributed by atoms with E-state index in [0.29, 0.717) is 26.1 Å². The Morgan fingerprint density at radius 1 is 0.538 bits per heavy atom. The second-order valence-electron chi connectivity index (χ2n) is 11.9. The minimum absolute atomic E-state index is 0.0588. The van der Waals surface area contributed by atoms with Crippen LogP contribution in [0, 0.1) is 16.2 Å². The van der Waals surface area contributed by atoms with Gasteiger partial charge in [0.1, 0.15) is 0 Å². The molecular formula is C31H60O8. The third-order valence-corrected chi connectivity index (χ3v) is 7.08. The van der Waals surface area contributed by atoms with Crippen molar-refractivity contribution in [3.05, 3.63) is 0 Å². The van der Waals surface area contributed by atoms with Crippen molar-refractivity contribution in [3.63, 3.8) is 0 Å². The largest absolute Gasteiger partial charge is 0.481 e. The maximum atomic E-state index is 11.6. The number of carbonyl (C=O) groups excluding carboxylic acids is 2. The molecule has 0 aromatic carbocycles. The number of aliphatic carboxylic acids is 2. The van der Waals surface area contributed by atoms with Gasteiger partial charge in [0.2, 0.25) is 0 Å². The molecule has 0 unspecified atom stereocenters. The molecule has 232 valence electrons. The second kappa shape index (κ2) is 22.7. The van der Waals surface area contributed by atoms with Crippen molar-refractivity contribution in [1.82, 2.24) is 0 Å². The Balaban J connectivity index is -0.000000530. The molecule has 0 aliphatic heterocycles. The van der Waals surface area contributed by atoms with Crippen molar-refractivity contribution < 1.29 is 38.9 Å². The Hall–Kier alpha value is -2.12. The highest BCUT2D eigenvalue weighted by molar-refractivity contribution is 5.76. The molecule has 0 aliphatic carbocycles. The monoisotopic (exact) mass is 560 g/mol. The Labute approximate surface area is 238 Å². The van der Waals surface area contributed by atoms with Gasteiger partial charge in [-0.1, -0.05) is 59.8 Å². The van der Waals surface area contributed by atoms with Gasteiger partial charge in [-0.3, -0.25) is 19.2 Å². The van der Waals surface area contributed by atoms with E-state index in [1.807, 2.05) is 48.5 Å². The number of hydrogen-bond acceptors (Lipinski definition) is 6. The summed E-state index contributed by atoms with van der Waals surface area (Å²) in [6, 6.07) is 0. The van der Waals surface area contributed by atoms with Crippen molar-refractivity contribution in [2.75, 3.05) is 13.2 Å². The van der Waals surface area contributed by atoms with E-state index in [0.717, 1.165) is 44.9 Å². The highest BCUT2D eigenvalue weighted by Crippen LogP contribution is 2.22. The molecule has 0 aromatic heterocycles. The summed E-state index contributed by atoms with van der Waals surface area (Å²) in [6.07, 6.45) is 10.4. The summed E-state index contributed by atoms with van der Waals surface area (Å²) in [5, 5.41) is 16.9. The van der Waals surface area contributed by atoms with Crippen molar-refractivity contribution >= 4 is 23.9 Å². The second-order valence-corrected chi connectivity index (χ2v) is 11.9. The highest BCUT2D eigenvalue weighted by Gasteiger charge is 2.27. The minimum Gasteiger partial charge on any atom is -0.481 e. The predicted octanol–water partition coefficient (Wildman–Crippen LogP) is 8.05. The third-order valence-electron chi connectivity index (χ3n) is 7.08. The van der Waals surface area contributed by atoms with Gasteiger partial charge < -0.3 is 19.7 Å². The van der Waals surface area contributed by atoms with Crippen LogP contribution in [-0.2, 0) is 28.7 Å². The van der Waals surface area contributed by atoms with E-state index < -0.39 is 22.8 Å². The molecule has 8 heteroatoms. The number of carboxylic acid groups (broad SMARTS) is 2. The maximum Gasteiger partial charge on any atom is 0.311 e. The van der Waals surface area contributed by atoms with Crippen molar-refractivity contribution in [1.29, 1.82) is 0 Å². The zero-order valence-electron chi connectivity index (χ0n) is 26.7. The Bertz CT molecular complexity index is 680. The molecule has 0 rings (SSSR count). The zero-order valence-corrected chi connectivity index (χ0v) is 26.7. The van der Waals surface area contributed by atoms with Gasteiger partial charge in [0.15, 0.2) is 0 Å². The van der Waals surface area contributed by atoms with Crippen molar-refractivity contribution in [2.24, 2.45) is 16.2 Å². The number of rotatable bonds is 18. The minimum atomic E-state index is -0.749. The van der Waals surface area contributed by atoms with Crippen LogP contribution in [0.5, 0.6) is 0 Å². The fourth-order valence-corrected chi connectivity index (χ4v) is 2.42. The molecule has 2 N–H and O–H groups in total. The van der Waals surface area contributed by atoms with Crippen LogP contribution >= 0.6 is 0 Å². The van der Waals surface area contributed by atoms with Gasteiger partial charge >= 0.3 is 23.9 Å². The Morgan fingerprint density at radius 2 is 0.897 bits per heavy atom. The van der Waals surface area contributed by atoms with Gasteiger partial charge in [-0.2, -0.15) is 0 Å². The van der Waals surface area contributed by atoms with Crippen LogP contribution in [0.3, 0.4) is 0 Å². The fraction of sp³-hybridized carbons (Fsp3) is 0.871. The van der Waals surface area contributed by atoms with Gasteiger partial charge in [-0.05, 0) is 80.1 Å². The molecule has 0 aromatic rings. The van der Waals surface area contributed by atoms with E-state index in [1.54, 1.807) is 13.8 Å². The van der Waals surface area contributed by atoms with Crippen LogP contribution in [0.25, 0.3) is 0 Å². The molecule has 0 heterocycles. The van der Waals surface area contributed by atoms with E-state index in [4.69, 9.17) is 19.7 Å². The highest BCUT2D eigenvalue weighted by atomic mass is 16.5. The molecule has 0 saturated carbocycles. The summed E-state index contributed by atoms with van der Waals surface area (Å²) in [4.78, 5) is 43.6. The van der Waals surface area contributed by atoms with E-state index >= 15 is 0 Å². The molecule has 0 saturated heterocycles. The third kappa shape index (κ3) is 23.5. The average Bonchev–Trinajstić information content (AvgIpc) is 2.88. The lowest BCUT2D eigenvalue weighted by Crippen LogP contribution is -2.26. The molecule has 0 aliphatic rings. The normalized spacial score (nSPS) is 11.3. The smallest absolute Gasteiger partial charge is 0.311 e. The molecule has 0 fully saturated rings. The summed E-state index contributed by atoms with van der Waals surface area (Å²) in [6.45, 7) is 20.1. The van der Waals surface area contributed by atoms with Gasteiger partial charge in [0.05, 0.1) is 29.5 Å². The first-order valence-electron chi connectivity index (χ1n) is 14.7. The number of ether oxygens (including phenoxy) is 2. The molecule has 8 nitrogen and oxygen atoms in total. The van der Waals surface area contributed by atoms with Crippen LogP contribution in [0.15, 0.2) is 0 Å². The summed E-state index contributed by atoms with van der Waals surface area (Å²) in [7, 11) is 0. The Morgan fingerprint density at radius 3 is 1.18 bits per heavy atom. The van der Waals surface area contributed by atoms with Gasteiger partial charge in [-0.25, -0.2) is 0 Å². The van der Waals surface area contributed by atoms with Gasteiger partial charge in [0, 0.05) is 6.42 Å². The summed E-state index contributed by atoms with van der Waals surface area (Å²) in [5.74, 6) is -1.68. The molecule has 0 amide bonds. The van der Waals surface area contributed by atoms with E-state index in [9.17, 15) is 19.2 Å². The van der Waals surface area contributed by atoms with Crippen LogP contribution < -0.4 is 0 Å². The molecule has 39 heavy (non-hydrogen) atoms.